The predicted octanol–water partition coefficient (Wildman–Crippen LogP) is 0.714. The van der Waals surface area contributed by atoms with Gasteiger partial charge in [-0.1, -0.05) is 0 Å². The molecule has 0 amide bonds. The third-order valence-electron chi connectivity index (χ3n) is 1.66. The maximum atomic E-state index is 13.0. The van der Waals surface area contributed by atoms with E-state index in [1.165, 1.54) is 0 Å². The van der Waals surface area contributed by atoms with E-state index < -0.39 is 43.5 Å². The standard InChI is InChI=1S/C6H4F3N3O4S/c7-2-1-11-3(6(8)9)5(17(10,15)16)4(2)12(13)14/h1,6H,(H2,10,15,16). The Balaban J connectivity index is 3.82. The van der Waals surface area contributed by atoms with Crippen molar-refractivity contribution >= 4 is 15.7 Å². The summed E-state index contributed by atoms with van der Waals surface area (Å²) in [5.41, 5.74) is -3.10. The summed E-state index contributed by atoms with van der Waals surface area (Å²) in [7, 11) is -4.90. The van der Waals surface area contributed by atoms with Gasteiger partial charge in [-0.2, -0.15) is 4.39 Å². The van der Waals surface area contributed by atoms with E-state index in [1.54, 1.807) is 0 Å². The van der Waals surface area contributed by atoms with Gasteiger partial charge >= 0.3 is 5.69 Å². The number of hydrogen-bond acceptors (Lipinski definition) is 5. The third-order valence-corrected chi connectivity index (χ3v) is 2.64. The average molecular weight is 271 g/mol. The van der Waals surface area contributed by atoms with Crippen molar-refractivity contribution in [3.05, 3.63) is 27.8 Å². The van der Waals surface area contributed by atoms with Crippen molar-refractivity contribution in [2.75, 3.05) is 0 Å². The van der Waals surface area contributed by atoms with Gasteiger partial charge in [0.1, 0.15) is 5.69 Å². The molecule has 0 aliphatic heterocycles. The van der Waals surface area contributed by atoms with E-state index in [1.807, 2.05) is 0 Å². The molecule has 1 aromatic heterocycles. The average Bonchev–Trinajstić information content (AvgIpc) is 2.14. The van der Waals surface area contributed by atoms with Crippen LogP contribution in [0.3, 0.4) is 0 Å². The smallest absolute Gasteiger partial charge is 0.258 e. The van der Waals surface area contributed by atoms with Crippen molar-refractivity contribution in [1.29, 1.82) is 0 Å². The van der Waals surface area contributed by atoms with E-state index in [2.05, 4.69) is 10.1 Å². The van der Waals surface area contributed by atoms with Gasteiger partial charge in [-0.15, -0.1) is 0 Å². The highest BCUT2D eigenvalue weighted by Crippen LogP contribution is 2.32. The molecule has 0 radical (unpaired) electrons. The predicted molar refractivity (Wildman–Crippen MR) is 47.2 cm³/mol. The van der Waals surface area contributed by atoms with Crippen molar-refractivity contribution in [2.45, 2.75) is 11.3 Å². The second-order valence-electron chi connectivity index (χ2n) is 2.77. The number of pyridine rings is 1. The number of halogens is 3. The molecule has 2 N–H and O–H groups in total. The fraction of sp³-hybridized carbons (Fsp3) is 0.167. The highest BCUT2D eigenvalue weighted by Gasteiger charge is 2.35. The van der Waals surface area contributed by atoms with Crippen LogP contribution in [0, 0.1) is 15.9 Å². The third kappa shape index (κ3) is 2.50. The first-order valence-corrected chi connectivity index (χ1v) is 5.34. The number of rotatable bonds is 3. The van der Waals surface area contributed by atoms with Gasteiger partial charge in [0.25, 0.3) is 6.43 Å². The van der Waals surface area contributed by atoms with Crippen LogP contribution in [0.1, 0.15) is 12.1 Å². The van der Waals surface area contributed by atoms with Crippen LogP contribution in [0.5, 0.6) is 0 Å². The Bertz CT molecular complexity index is 574. The molecule has 11 heteroatoms. The molecule has 0 saturated heterocycles. The number of sulfonamides is 1. The molecule has 17 heavy (non-hydrogen) atoms. The van der Waals surface area contributed by atoms with Crippen molar-refractivity contribution < 1.29 is 26.5 Å². The Morgan fingerprint density at radius 3 is 2.35 bits per heavy atom. The lowest BCUT2D eigenvalue weighted by Gasteiger charge is -2.06. The van der Waals surface area contributed by atoms with Crippen LogP contribution in [0.4, 0.5) is 18.9 Å². The summed E-state index contributed by atoms with van der Waals surface area (Å²) in [6.07, 6.45) is -3.31. The summed E-state index contributed by atoms with van der Waals surface area (Å²) in [5.74, 6) is -1.66. The number of aromatic nitrogens is 1. The highest BCUT2D eigenvalue weighted by molar-refractivity contribution is 7.89. The molecular weight excluding hydrogens is 267 g/mol. The first kappa shape index (κ1) is 13.3. The Morgan fingerprint density at radius 1 is 1.47 bits per heavy atom. The molecule has 94 valence electrons. The fourth-order valence-corrected chi connectivity index (χ4v) is 1.96. The molecule has 0 atom stereocenters. The monoisotopic (exact) mass is 271 g/mol. The second kappa shape index (κ2) is 4.25. The van der Waals surface area contributed by atoms with Gasteiger partial charge in [0.05, 0.1) is 11.1 Å². The molecule has 1 aromatic rings. The van der Waals surface area contributed by atoms with Gasteiger partial charge in [0.2, 0.25) is 15.8 Å². The van der Waals surface area contributed by atoms with Gasteiger partial charge in [0, 0.05) is 0 Å². The summed E-state index contributed by atoms with van der Waals surface area (Å²) in [4.78, 5) is 10.2. The molecule has 0 aromatic carbocycles. The molecule has 0 unspecified atom stereocenters. The van der Waals surface area contributed by atoms with Gasteiger partial charge in [0.15, 0.2) is 4.90 Å². The van der Waals surface area contributed by atoms with Gasteiger partial charge < -0.3 is 0 Å². The van der Waals surface area contributed by atoms with Gasteiger partial charge in [-0.05, 0) is 0 Å². The van der Waals surface area contributed by atoms with E-state index in [9.17, 15) is 31.7 Å². The minimum absolute atomic E-state index is 0.133. The minimum atomic E-state index is -4.90. The van der Waals surface area contributed by atoms with E-state index in [0.717, 1.165) is 0 Å². The van der Waals surface area contributed by atoms with Crippen molar-refractivity contribution in [3.8, 4) is 0 Å². The lowest BCUT2D eigenvalue weighted by molar-refractivity contribution is -0.390. The zero-order valence-corrected chi connectivity index (χ0v) is 8.62. The summed E-state index contributed by atoms with van der Waals surface area (Å²) >= 11 is 0. The lowest BCUT2D eigenvalue weighted by atomic mass is 10.3. The number of nitro groups is 1. The quantitative estimate of drug-likeness (QED) is 0.642. The van der Waals surface area contributed by atoms with Crippen LogP contribution in [0.25, 0.3) is 0 Å². The zero-order valence-electron chi connectivity index (χ0n) is 7.80. The summed E-state index contributed by atoms with van der Waals surface area (Å²) in [6.45, 7) is 0. The molecule has 0 saturated carbocycles. The van der Waals surface area contributed by atoms with Crippen molar-refractivity contribution in [2.24, 2.45) is 5.14 Å². The Hall–Kier alpha value is -1.75. The fourth-order valence-electron chi connectivity index (χ4n) is 1.08. The number of nitrogens with two attached hydrogens (primary N) is 1. The van der Waals surface area contributed by atoms with E-state index in [4.69, 9.17) is 0 Å². The molecule has 0 fully saturated rings. The molecule has 1 heterocycles. The van der Waals surface area contributed by atoms with Crippen LogP contribution in [0.2, 0.25) is 0 Å². The lowest BCUT2D eigenvalue weighted by Crippen LogP contribution is -2.19. The minimum Gasteiger partial charge on any atom is -0.258 e. The number of primary sulfonamides is 1. The Kier molecular flexibility index (Phi) is 3.33. The van der Waals surface area contributed by atoms with Crippen LogP contribution in [0.15, 0.2) is 11.1 Å². The van der Waals surface area contributed by atoms with Gasteiger partial charge in [-0.3, -0.25) is 15.1 Å². The molecule has 1 rings (SSSR count). The molecule has 0 aliphatic carbocycles. The highest BCUT2D eigenvalue weighted by atomic mass is 32.2. The van der Waals surface area contributed by atoms with E-state index in [-0.39, 0.29) is 6.20 Å². The first-order valence-electron chi connectivity index (χ1n) is 3.80. The molecule has 0 bridgehead atoms. The second-order valence-corrected chi connectivity index (χ2v) is 4.27. The summed E-state index contributed by atoms with van der Waals surface area (Å²) in [5, 5.41) is 15.0. The van der Waals surface area contributed by atoms with Crippen LogP contribution < -0.4 is 5.14 Å². The van der Waals surface area contributed by atoms with Crippen LogP contribution in [-0.2, 0) is 10.0 Å². The topological polar surface area (TPSA) is 116 Å². The molecular formula is C6H4F3N3O4S. The van der Waals surface area contributed by atoms with Crippen LogP contribution >= 0.6 is 0 Å². The maximum absolute atomic E-state index is 13.0. The largest absolute Gasteiger partial charge is 0.328 e. The zero-order chi connectivity index (χ0) is 13.4. The number of alkyl halides is 2. The molecule has 7 nitrogen and oxygen atoms in total. The van der Waals surface area contributed by atoms with E-state index in [0.29, 0.717) is 0 Å². The maximum Gasteiger partial charge on any atom is 0.328 e. The Morgan fingerprint density at radius 2 is 2.00 bits per heavy atom. The SMILES string of the molecule is NS(=O)(=O)c1c(C(F)F)ncc(F)c1[N+](=O)[O-]. The van der Waals surface area contributed by atoms with E-state index >= 15 is 0 Å². The summed E-state index contributed by atoms with van der Waals surface area (Å²) < 4.78 is 59.8. The molecule has 0 spiro atoms. The normalized spacial score (nSPS) is 11.8. The number of nitrogens with zero attached hydrogens (tertiary/aromatic N) is 2. The Labute approximate surface area is 92.3 Å². The molecule has 0 aliphatic rings. The van der Waals surface area contributed by atoms with Crippen molar-refractivity contribution in [3.63, 3.8) is 0 Å². The van der Waals surface area contributed by atoms with Gasteiger partial charge in [-0.25, -0.2) is 22.3 Å². The van der Waals surface area contributed by atoms with Crippen LogP contribution in [-0.4, -0.2) is 18.3 Å². The van der Waals surface area contributed by atoms with Crippen molar-refractivity contribution in [1.82, 2.24) is 4.98 Å². The first-order chi connectivity index (χ1) is 7.66. The summed E-state index contributed by atoms with van der Waals surface area (Å²) in [6, 6.07) is 0. The number of hydrogen-bond donors (Lipinski definition) is 1.